The van der Waals surface area contributed by atoms with Gasteiger partial charge in [0.2, 0.25) is 0 Å². The SMILES string of the molecule is Cc1cc(C)cc(OCCNC(=O)[C@@H](C)Oc2ccc(C(C)(C)C)cc2)c1. The van der Waals surface area contributed by atoms with Crippen molar-refractivity contribution in [3.8, 4) is 11.5 Å². The monoisotopic (exact) mass is 369 g/mol. The Balaban J connectivity index is 1.76. The van der Waals surface area contributed by atoms with E-state index < -0.39 is 6.10 Å². The van der Waals surface area contributed by atoms with Crippen LogP contribution >= 0.6 is 0 Å². The number of carbonyl (C=O) groups excluding carboxylic acids is 1. The van der Waals surface area contributed by atoms with E-state index in [9.17, 15) is 4.79 Å². The van der Waals surface area contributed by atoms with Crippen molar-refractivity contribution >= 4 is 5.91 Å². The fourth-order valence-corrected chi connectivity index (χ4v) is 2.79. The number of hydrogen-bond donors (Lipinski definition) is 1. The first-order chi connectivity index (χ1) is 12.6. The summed E-state index contributed by atoms with van der Waals surface area (Å²) in [7, 11) is 0. The Kier molecular flexibility index (Phi) is 6.89. The Labute approximate surface area is 162 Å². The van der Waals surface area contributed by atoms with Crippen molar-refractivity contribution in [2.75, 3.05) is 13.2 Å². The molecule has 2 aromatic rings. The minimum atomic E-state index is -0.563. The predicted octanol–water partition coefficient (Wildman–Crippen LogP) is 4.56. The van der Waals surface area contributed by atoms with Crippen molar-refractivity contribution in [1.82, 2.24) is 5.32 Å². The van der Waals surface area contributed by atoms with Gasteiger partial charge >= 0.3 is 0 Å². The number of carbonyl (C=O) groups is 1. The van der Waals surface area contributed by atoms with Gasteiger partial charge in [0.15, 0.2) is 6.10 Å². The molecule has 0 radical (unpaired) electrons. The molecule has 1 N–H and O–H groups in total. The molecule has 4 heteroatoms. The third-order valence-corrected chi connectivity index (χ3v) is 4.27. The first-order valence-electron chi connectivity index (χ1n) is 9.41. The van der Waals surface area contributed by atoms with Gasteiger partial charge in [0.25, 0.3) is 5.91 Å². The fraction of sp³-hybridized carbons (Fsp3) is 0.435. The lowest BCUT2D eigenvalue weighted by Gasteiger charge is -2.20. The van der Waals surface area contributed by atoms with Crippen molar-refractivity contribution in [3.63, 3.8) is 0 Å². The molecule has 0 heterocycles. The van der Waals surface area contributed by atoms with Gasteiger partial charge in [-0.2, -0.15) is 0 Å². The molecule has 0 saturated carbocycles. The molecule has 0 saturated heterocycles. The number of hydrogen-bond acceptors (Lipinski definition) is 3. The lowest BCUT2D eigenvalue weighted by Crippen LogP contribution is -2.38. The second kappa shape index (κ2) is 8.94. The van der Waals surface area contributed by atoms with Gasteiger partial charge in [-0.05, 0) is 67.1 Å². The average molecular weight is 370 g/mol. The molecule has 0 spiro atoms. The summed E-state index contributed by atoms with van der Waals surface area (Å²) in [4.78, 5) is 12.2. The summed E-state index contributed by atoms with van der Waals surface area (Å²) in [6, 6.07) is 14.0. The number of nitrogens with one attached hydrogen (secondary N) is 1. The maximum absolute atomic E-state index is 12.2. The maximum Gasteiger partial charge on any atom is 0.260 e. The topological polar surface area (TPSA) is 47.6 Å². The molecule has 0 aliphatic carbocycles. The first-order valence-corrected chi connectivity index (χ1v) is 9.41. The molecular formula is C23H31NO3. The molecule has 4 nitrogen and oxygen atoms in total. The Morgan fingerprint density at radius 3 is 2.15 bits per heavy atom. The molecule has 0 fully saturated rings. The van der Waals surface area contributed by atoms with Crippen molar-refractivity contribution in [2.45, 2.75) is 53.1 Å². The number of aryl methyl sites for hydroxylation is 2. The highest BCUT2D eigenvalue weighted by atomic mass is 16.5. The normalized spacial score (nSPS) is 12.4. The molecule has 0 aliphatic heterocycles. The Morgan fingerprint density at radius 2 is 1.59 bits per heavy atom. The van der Waals surface area contributed by atoms with Crippen molar-refractivity contribution in [1.29, 1.82) is 0 Å². The summed E-state index contributed by atoms with van der Waals surface area (Å²) in [6.45, 7) is 13.2. The zero-order valence-electron chi connectivity index (χ0n) is 17.3. The fourth-order valence-electron chi connectivity index (χ4n) is 2.79. The van der Waals surface area contributed by atoms with E-state index in [0.29, 0.717) is 18.9 Å². The average Bonchev–Trinajstić information content (AvgIpc) is 2.57. The van der Waals surface area contributed by atoms with E-state index in [4.69, 9.17) is 9.47 Å². The molecule has 0 aromatic heterocycles. The standard InChI is InChI=1S/C23H31NO3/c1-16-13-17(2)15-21(14-16)26-12-11-24-22(25)18(3)27-20-9-7-19(8-10-20)23(4,5)6/h7-10,13-15,18H,11-12H2,1-6H3,(H,24,25)/t18-/m1/s1. The van der Waals surface area contributed by atoms with Gasteiger partial charge in [0, 0.05) is 0 Å². The van der Waals surface area contributed by atoms with Gasteiger partial charge < -0.3 is 14.8 Å². The van der Waals surface area contributed by atoms with Crippen LogP contribution in [0.3, 0.4) is 0 Å². The van der Waals surface area contributed by atoms with Crippen molar-refractivity contribution < 1.29 is 14.3 Å². The van der Waals surface area contributed by atoms with Crippen LogP contribution in [0.25, 0.3) is 0 Å². The van der Waals surface area contributed by atoms with E-state index in [-0.39, 0.29) is 11.3 Å². The van der Waals surface area contributed by atoms with Crippen molar-refractivity contribution in [3.05, 3.63) is 59.2 Å². The molecule has 27 heavy (non-hydrogen) atoms. The molecule has 0 unspecified atom stereocenters. The summed E-state index contributed by atoms with van der Waals surface area (Å²) >= 11 is 0. The lowest BCUT2D eigenvalue weighted by molar-refractivity contribution is -0.127. The molecule has 0 bridgehead atoms. The van der Waals surface area contributed by atoms with Crippen LogP contribution in [0.15, 0.2) is 42.5 Å². The highest BCUT2D eigenvalue weighted by Crippen LogP contribution is 2.24. The molecular weight excluding hydrogens is 338 g/mol. The van der Waals surface area contributed by atoms with E-state index in [1.54, 1.807) is 6.92 Å². The maximum atomic E-state index is 12.2. The third kappa shape index (κ3) is 6.63. The van der Waals surface area contributed by atoms with E-state index >= 15 is 0 Å². The minimum absolute atomic E-state index is 0.0946. The summed E-state index contributed by atoms with van der Waals surface area (Å²) in [5, 5.41) is 2.85. The van der Waals surface area contributed by atoms with Crippen LogP contribution < -0.4 is 14.8 Å². The van der Waals surface area contributed by atoms with Crippen LogP contribution in [0, 0.1) is 13.8 Å². The zero-order chi connectivity index (χ0) is 20.0. The van der Waals surface area contributed by atoms with Crippen LogP contribution in [-0.4, -0.2) is 25.2 Å². The Bertz CT molecular complexity index is 740. The quantitative estimate of drug-likeness (QED) is 0.728. The Morgan fingerprint density at radius 1 is 1.00 bits per heavy atom. The molecule has 146 valence electrons. The smallest absolute Gasteiger partial charge is 0.260 e. The number of rotatable bonds is 7. The minimum Gasteiger partial charge on any atom is -0.492 e. The molecule has 1 amide bonds. The van der Waals surface area contributed by atoms with Gasteiger partial charge in [-0.15, -0.1) is 0 Å². The molecule has 2 rings (SSSR count). The van der Waals surface area contributed by atoms with Gasteiger partial charge in [-0.25, -0.2) is 0 Å². The van der Waals surface area contributed by atoms with E-state index in [2.05, 4.69) is 32.2 Å². The second-order valence-electron chi connectivity index (χ2n) is 8.00. The highest BCUT2D eigenvalue weighted by Gasteiger charge is 2.16. The van der Waals surface area contributed by atoms with Crippen LogP contribution in [0.5, 0.6) is 11.5 Å². The lowest BCUT2D eigenvalue weighted by atomic mass is 9.87. The molecule has 1 atom stereocenters. The van der Waals surface area contributed by atoms with Crippen LogP contribution in [0.2, 0.25) is 0 Å². The zero-order valence-corrected chi connectivity index (χ0v) is 17.3. The molecule has 0 aliphatic rings. The van der Waals surface area contributed by atoms with E-state index in [1.807, 2.05) is 50.2 Å². The predicted molar refractivity (Wildman–Crippen MR) is 110 cm³/mol. The number of benzene rings is 2. The van der Waals surface area contributed by atoms with E-state index in [1.165, 1.54) is 5.56 Å². The van der Waals surface area contributed by atoms with Gasteiger partial charge in [0.1, 0.15) is 18.1 Å². The summed E-state index contributed by atoms with van der Waals surface area (Å²) in [5.41, 5.74) is 3.65. The second-order valence-corrected chi connectivity index (χ2v) is 8.00. The summed E-state index contributed by atoms with van der Waals surface area (Å²) in [6.07, 6.45) is -0.563. The van der Waals surface area contributed by atoms with Gasteiger partial charge in [0.05, 0.1) is 6.54 Å². The summed E-state index contributed by atoms with van der Waals surface area (Å²) < 4.78 is 11.4. The first kappa shape index (κ1) is 20.8. The summed E-state index contributed by atoms with van der Waals surface area (Å²) in [5.74, 6) is 1.36. The van der Waals surface area contributed by atoms with Gasteiger partial charge in [-0.1, -0.05) is 39.0 Å². The third-order valence-electron chi connectivity index (χ3n) is 4.27. The van der Waals surface area contributed by atoms with Crippen LogP contribution in [0.4, 0.5) is 0 Å². The van der Waals surface area contributed by atoms with Crippen LogP contribution in [0.1, 0.15) is 44.4 Å². The van der Waals surface area contributed by atoms with Crippen molar-refractivity contribution in [2.24, 2.45) is 0 Å². The number of amides is 1. The largest absolute Gasteiger partial charge is 0.492 e. The number of ether oxygens (including phenoxy) is 2. The van der Waals surface area contributed by atoms with E-state index in [0.717, 1.165) is 16.9 Å². The highest BCUT2D eigenvalue weighted by molar-refractivity contribution is 5.80. The van der Waals surface area contributed by atoms with Gasteiger partial charge in [-0.3, -0.25) is 4.79 Å². The van der Waals surface area contributed by atoms with Crippen LogP contribution in [-0.2, 0) is 10.2 Å². The Hall–Kier alpha value is -2.49. The molecule has 2 aromatic carbocycles.